The number of likely N-dealkylation sites (tertiary alicyclic amines) is 1. The van der Waals surface area contributed by atoms with E-state index in [0.717, 1.165) is 32.4 Å². The van der Waals surface area contributed by atoms with Crippen LogP contribution >= 0.6 is 0 Å². The van der Waals surface area contributed by atoms with Crippen LogP contribution in [0.4, 0.5) is 4.39 Å². The predicted octanol–water partition coefficient (Wildman–Crippen LogP) is 2.95. The molecule has 5 heteroatoms. The van der Waals surface area contributed by atoms with Crippen LogP contribution in [0, 0.1) is 11.7 Å². The van der Waals surface area contributed by atoms with Gasteiger partial charge in [0.05, 0.1) is 6.42 Å². The summed E-state index contributed by atoms with van der Waals surface area (Å²) in [6.07, 6.45) is 3.08. The number of benzene rings is 2. The molecular formula is C21H23FN2O2. The zero-order valence-corrected chi connectivity index (χ0v) is 14.7. The van der Waals surface area contributed by atoms with Gasteiger partial charge in [-0.1, -0.05) is 24.3 Å². The summed E-state index contributed by atoms with van der Waals surface area (Å²) in [6, 6.07) is 13.6. The van der Waals surface area contributed by atoms with Crippen molar-refractivity contribution in [1.82, 2.24) is 4.90 Å². The maximum atomic E-state index is 13.2. The highest BCUT2D eigenvalue weighted by Crippen LogP contribution is 2.22. The topological polar surface area (TPSA) is 63.4 Å². The number of hydrogen-bond donors (Lipinski definition) is 1. The number of rotatable bonds is 5. The molecule has 0 radical (unpaired) electrons. The molecule has 0 atom stereocenters. The number of primary amides is 1. The number of nitrogens with two attached hydrogens (primary N) is 1. The summed E-state index contributed by atoms with van der Waals surface area (Å²) in [5.74, 6) is -0.148. The van der Waals surface area contributed by atoms with Gasteiger partial charge in [-0.25, -0.2) is 4.39 Å². The maximum Gasteiger partial charge on any atom is 0.248 e. The third-order valence-electron chi connectivity index (χ3n) is 4.97. The van der Waals surface area contributed by atoms with Crippen molar-refractivity contribution in [3.63, 3.8) is 0 Å². The fourth-order valence-electron chi connectivity index (χ4n) is 3.46. The van der Waals surface area contributed by atoms with E-state index in [9.17, 15) is 14.0 Å². The van der Waals surface area contributed by atoms with Crippen LogP contribution in [-0.2, 0) is 17.6 Å². The summed E-state index contributed by atoms with van der Waals surface area (Å²) in [5.41, 5.74) is 7.67. The first-order valence-electron chi connectivity index (χ1n) is 8.92. The molecule has 1 saturated heterocycles. The van der Waals surface area contributed by atoms with Crippen LogP contribution < -0.4 is 5.73 Å². The third kappa shape index (κ3) is 4.69. The third-order valence-corrected chi connectivity index (χ3v) is 4.97. The molecule has 1 fully saturated rings. The Kier molecular flexibility index (Phi) is 5.66. The van der Waals surface area contributed by atoms with Gasteiger partial charge in [0.15, 0.2) is 0 Å². The largest absolute Gasteiger partial charge is 0.366 e. The van der Waals surface area contributed by atoms with Crippen molar-refractivity contribution in [3.8, 4) is 0 Å². The van der Waals surface area contributed by atoms with E-state index in [-0.39, 0.29) is 18.1 Å². The van der Waals surface area contributed by atoms with E-state index < -0.39 is 5.91 Å². The lowest BCUT2D eigenvalue weighted by Gasteiger charge is -2.32. The fraction of sp³-hybridized carbons (Fsp3) is 0.333. The van der Waals surface area contributed by atoms with Gasteiger partial charge in [-0.2, -0.15) is 0 Å². The molecule has 0 aliphatic carbocycles. The number of carbonyl (C=O) groups is 2. The van der Waals surface area contributed by atoms with Gasteiger partial charge in [-0.3, -0.25) is 9.59 Å². The van der Waals surface area contributed by atoms with Crippen molar-refractivity contribution in [2.45, 2.75) is 25.7 Å². The van der Waals surface area contributed by atoms with E-state index >= 15 is 0 Å². The molecule has 4 nitrogen and oxygen atoms in total. The summed E-state index contributed by atoms with van der Waals surface area (Å²) in [4.78, 5) is 25.4. The predicted molar refractivity (Wildman–Crippen MR) is 98.1 cm³/mol. The van der Waals surface area contributed by atoms with Gasteiger partial charge in [0.2, 0.25) is 11.8 Å². The van der Waals surface area contributed by atoms with Gasteiger partial charge in [-0.05, 0) is 60.6 Å². The zero-order valence-electron chi connectivity index (χ0n) is 14.7. The molecule has 0 unspecified atom stereocenters. The summed E-state index contributed by atoms with van der Waals surface area (Å²) < 4.78 is 13.2. The second-order valence-corrected chi connectivity index (χ2v) is 6.90. The van der Waals surface area contributed by atoms with E-state index in [1.165, 1.54) is 17.7 Å². The molecular weight excluding hydrogens is 331 g/mol. The van der Waals surface area contributed by atoms with Crippen molar-refractivity contribution in [2.75, 3.05) is 13.1 Å². The quantitative estimate of drug-likeness (QED) is 0.897. The molecule has 2 amide bonds. The van der Waals surface area contributed by atoms with Crippen LogP contribution in [0.3, 0.4) is 0 Å². The Morgan fingerprint density at radius 2 is 1.73 bits per heavy atom. The van der Waals surface area contributed by atoms with Gasteiger partial charge < -0.3 is 10.6 Å². The van der Waals surface area contributed by atoms with Crippen LogP contribution in [0.5, 0.6) is 0 Å². The molecule has 136 valence electrons. The second kappa shape index (κ2) is 8.13. The maximum absolute atomic E-state index is 13.2. The Hall–Kier alpha value is -2.69. The van der Waals surface area contributed by atoms with Gasteiger partial charge in [-0.15, -0.1) is 0 Å². The minimum absolute atomic E-state index is 0.0554. The summed E-state index contributed by atoms with van der Waals surface area (Å²) in [5, 5.41) is 0. The summed E-state index contributed by atoms with van der Waals surface area (Å²) >= 11 is 0. The van der Waals surface area contributed by atoms with Crippen molar-refractivity contribution in [1.29, 1.82) is 0 Å². The van der Waals surface area contributed by atoms with Crippen LogP contribution in [0.2, 0.25) is 0 Å². The van der Waals surface area contributed by atoms with Crippen molar-refractivity contribution in [2.24, 2.45) is 11.7 Å². The molecule has 1 heterocycles. The van der Waals surface area contributed by atoms with Crippen molar-refractivity contribution >= 4 is 11.8 Å². The molecule has 1 aliphatic heterocycles. The Morgan fingerprint density at radius 3 is 2.35 bits per heavy atom. The highest BCUT2D eigenvalue weighted by molar-refractivity contribution is 5.92. The number of nitrogens with zero attached hydrogens (tertiary/aromatic N) is 1. The number of amides is 2. The molecule has 1 aliphatic rings. The van der Waals surface area contributed by atoms with Gasteiger partial charge >= 0.3 is 0 Å². The Labute approximate surface area is 152 Å². The molecule has 3 rings (SSSR count). The lowest BCUT2D eigenvalue weighted by atomic mass is 9.89. The normalized spacial score (nSPS) is 15.0. The van der Waals surface area contributed by atoms with Crippen molar-refractivity contribution < 1.29 is 14.0 Å². The van der Waals surface area contributed by atoms with Gasteiger partial charge in [0.1, 0.15) is 5.82 Å². The minimum Gasteiger partial charge on any atom is -0.366 e. The van der Waals surface area contributed by atoms with Crippen molar-refractivity contribution in [3.05, 3.63) is 71.0 Å². The van der Waals surface area contributed by atoms with E-state index in [2.05, 4.69) is 0 Å². The minimum atomic E-state index is -0.415. The van der Waals surface area contributed by atoms with E-state index in [0.29, 0.717) is 17.0 Å². The van der Waals surface area contributed by atoms with E-state index in [1.807, 2.05) is 17.0 Å². The lowest BCUT2D eigenvalue weighted by molar-refractivity contribution is -0.131. The first-order valence-corrected chi connectivity index (χ1v) is 8.92. The number of hydrogen-bond acceptors (Lipinski definition) is 2. The number of halogens is 1. The summed E-state index contributed by atoms with van der Waals surface area (Å²) in [7, 11) is 0. The standard InChI is InChI=1S/C21H23FN2O2/c22-19-3-1-2-17(13-19)14-20(25)24-10-8-16(9-11-24)12-15-4-6-18(7-5-15)21(23)26/h1-7,13,16H,8-12,14H2,(H2,23,26). The SMILES string of the molecule is NC(=O)c1ccc(CC2CCN(C(=O)Cc3cccc(F)c3)CC2)cc1. The lowest BCUT2D eigenvalue weighted by Crippen LogP contribution is -2.39. The van der Waals surface area contributed by atoms with Crippen LogP contribution in [0.15, 0.2) is 48.5 Å². The molecule has 2 N–H and O–H groups in total. The van der Waals surface area contributed by atoms with E-state index in [4.69, 9.17) is 5.73 Å². The van der Waals surface area contributed by atoms with Gasteiger partial charge in [0.25, 0.3) is 0 Å². The Bertz CT molecular complexity index is 781. The van der Waals surface area contributed by atoms with Crippen LogP contribution in [-0.4, -0.2) is 29.8 Å². The first kappa shape index (κ1) is 18.1. The second-order valence-electron chi connectivity index (χ2n) is 6.90. The monoisotopic (exact) mass is 354 g/mol. The zero-order chi connectivity index (χ0) is 18.5. The smallest absolute Gasteiger partial charge is 0.248 e. The average Bonchev–Trinajstić information content (AvgIpc) is 2.63. The average molecular weight is 354 g/mol. The molecule has 0 bridgehead atoms. The molecule has 2 aromatic rings. The van der Waals surface area contributed by atoms with Crippen LogP contribution in [0.25, 0.3) is 0 Å². The van der Waals surface area contributed by atoms with E-state index in [1.54, 1.807) is 24.3 Å². The molecule has 0 spiro atoms. The Morgan fingerprint density at radius 1 is 1.04 bits per heavy atom. The number of carbonyl (C=O) groups excluding carboxylic acids is 2. The Balaban J connectivity index is 1.49. The first-order chi connectivity index (χ1) is 12.5. The highest BCUT2D eigenvalue weighted by atomic mass is 19.1. The molecule has 2 aromatic carbocycles. The molecule has 26 heavy (non-hydrogen) atoms. The van der Waals surface area contributed by atoms with Crippen LogP contribution in [0.1, 0.15) is 34.3 Å². The molecule has 0 saturated carbocycles. The number of piperidine rings is 1. The molecule has 0 aromatic heterocycles. The fourth-order valence-corrected chi connectivity index (χ4v) is 3.46. The van der Waals surface area contributed by atoms with Gasteiger partial charge in [0, 0.05) is 18.7 Å². The highest BCUT2D eigenvalue weighted by Gasteiger charge is 2.23. The summed E-state index contributed by atoms with van der Waals surface area (Å²) in [6.45, 7) is 1.47.